The summed E-state index contributed by atoms with van der Waals surface area (Å²) in [5.74, 6) is 2.31. The van der Waals surface area contributed by atoms with Crippen molar-refractivity contribution in [3.63, 3.8) is 0 Å². The lowest BCUT2D eigenvalue weighted by Crippen LogP contribution is -2.00. The molecule has 1 fully saturated rings. The van der Waals surface area contributed by atoms with Gasteiger partial charge in [-0.3, -0.25) is 0 Å². The summed E-state index contributed by atoms with van der Waals surface area (Å²) in [6.45, 7) is 0. The Morgan fingerprint density at radius 1 is 1.18 bits per heavy atom. The van der Waals surface area contributed by atoms with Crippen molar-refractivity contribution in [2.24, 2.45) is 0 Å². The summed E-state index contributed by atoms with van der Waals surface area (Å²) in [4.78, 5) is 17.1. The van der Waals surface area contributed by atoms with E-state index in [9.17, 15) is 0 Å². The summed E-state index contributed by atoms with van der Waals surface area (Å²) < 4.78 is 0. The first-order valence-electron chi connectivity index (χ1n) is 5.69. The lowest BCUT2D eigenvalue weighted by atomic mass is 10.2. The minimum absolute atomic E-state index is 0.534. The molecule has 2 heterocycles. The molecule has 0 spiro atoms. The molecule has 0 atom stereocenters. The molecule has 0 unspecified atom stereocenters. The molecular formula is C12H13N5. The van der Waals surface area contributed by atoms with Gasteiger partial charge in [0.1, 0.15) is 18.0 Å². The number of nitrogens with one attached hydrogen (secondary N) is 1. The average Bonchev–Trinajstić information content (AvgIpc) is 3.23. The Labute approximate surface area is 99.4 Å². The molecule has 0 saturated heterocycles. The monoisotopic (exact) mass is 227 g/mol. The number of nitrogens with zero attached hydrogens (tertiary/aromatic N) is 4. The molecule has 0 amide bonds. The summed E-state index contributed by atoms with van der Waals surface area (Å²) in [7, 11) is 1.87. The van der Waals surface area contributed by atoms with Gasteiger partial charge >= 0.3 is 0 Å². The first-order chi connectivity index (χ1) is 8.36. The van der Waals surface area contributed by atoms with E-state index in [-0.39, 0.29) is 0 Å². The van der Waals surface area contributed by atoms with Gasteiger partial charge in [-0.15, -0.1) is 0 Å². The van der Waals surface area contributed by atoms with Crippen molar-refractivity contribution in [1.82, 2.24) is 19.9 Å². The topological polar surface area (TPSA) is 63.6 Å². The number of anilines is 1. The van der Waals surface area contributed by atoms with E-state index in [0.29, 0.717) is 5.92 Å². The van der Waals surface area contributed by atoms with Crippen LogP contribution in [0.3, 0.4) is 0 Å². The van der Waals surface area contributed by atoms with Crippen molar-refractivity contribution in [1.29, 1.82) is 0 Å². The summed E-state index contributed by atoms with van der Waals surface area (Å²) in [5, 5.41) is 3.07. The number of rotatable bonds is 3. The van der Waals surface area contributed by atoms with Crippen molar-refractivity contribution in [3.05, 3.63) is 30.6 Å². The first kappa shape index (κ1) is 10.1. The second kappa shape index (κ2) is 4.08. The Morgan fingerprint density at radius 2 is 1.94 bits per heavy atom. The smallest absolute Gasteiger partial charge is 0.134 e. The third kappa shape index (κ3) is 2.08. The molecule has 17 heavy (non-hydrogen) atoms. The van der Waals surface area contributed by atoms with Gasteiger partial charge in [0.05, 0.1) is 5.69 Å². The van der Waals surface area contributed by atoms with E-state index < -0.39 is 0 Å². The minimum atomic E-state index is 0.534. The Bertz CT molecular complexity index is 522. The highest BCUT2D eigenvalue weighted by molar-refractivity contribution is 5.60. The highest BCUT2D eigenvalue weighted by Crippen LogP contribution is 2.39. The quantitative estimate of drug-likeness (QED) is 0.867. The molecule has 1 aliphatic carbocycles. The third-order valence-corrected chi connectivity index (χ3v) is 2.80. The molecular weight excluding hydrogens is 214 g/mol. The summed E-state index contributed by atoms with van der Waals surface area (Å²) >= 11 is 0. The van der Waals surface area contributed by atoms with Crippen LogP contribution in [0, 0.1) is 0 Å². The van der Waals surface area contributed by atoms with Gasteiger partial charge in [-0.2, -0.15) is 0 Å². The maximum absolute atomic E-state index is 4.58. The van der Waals surface area contributed by atoms with Crippen molar-refractivity contribution in [2.45, 2.75) is 18.8 Å². The van der Waals surface area contributed by atoms with E-state index in [1.54, 1.807) is 12.4 Å². The Hall–Kier alpha value is -2.04. The van der Waals surface area contributed by atoms with E-state index in [1.807, 2.05) is 13.1 Å². The number of hydrogen-bond acceptors (Lipinski definition) is 5. The normalized spacial score (nSPS) is 14.6. The summed E-state index contributed by atoms with van der Waals surface area (Å²) in [6, 6.07) is 1.92. The molecule has 0 aromatic carbocycles. The summed E-state index contributed by atoms with van der Waals surface area (Å²) in [5.41, 5.74) is 1.81. The van der Waals surface area contributed by atoms with Gasteiger partial charge in [-0.1, -0.05) is 0 Å². The Morgan fingerprint density at radius 3 is 2.59 bits per heavy atom. The fourth-order valence-electron chi connectivity index (χ4n) is 1.70. The van der Waals surface area contributed by atoms with Gasteiger partial charge in [0, 0.05) is 37.0 Å². The van der Waals surface area contributed by atoms with E-state index in [0.717, 1.165) is 22.9 Å². The van der Waals surface area contributed by atoms with Crippen molar-refractivity contribution >= 4 is 5.82 Å². The minimum Gasteiger partial charge on any atom is -0.373 e. The van der Waals surface area contributed by atoms with Gasteiger partial charge in [0.25, 0.3) is 0 Å². The van der Waals surface area contributed by atoms with Gasteiger partial charge in [-0.25, -0.2) is 19.9 Å². The molecule has 3 rings (SSSR count). The molecule has 2 aromatic heterocycles. The fourth-order valence-corrected chi connectivity index (χ4v) is 1.70. The van der Waals surface area contributed by atoms with Crippen LogP contribution in [-0.2, 0) is 0 Å². The van der Waals surface area contributed by atoms with Crippen LogP contribution in [0.25, 0.3) is 11.3 Å². The molecule has 0 aliphatic heterocycles. The average molecular weight is 227 g/mol. The molecule has 2 aromatic rings. The number of aromatic nitrogens is 4. The lowest BCUT2D eigenvalue weighted by Gasteiger charge is -2.06. The Balaban J connectivity index is 2.06. The molecule has 0 radical (unpaired) electrons. The highest BCUT2D eigenvalue weighted by atomic mass is 15.0. The van der Waals surface area contributed by atoms with Crippen LogP contribution < -0.4 is 5.32 Å². The molecule has 86 valence electrons. The third-order valence-electron chi connectivity index (χ3n) is 2.80. The van der Waals surface area contributed by atoms with Crippen molar-refractivity contribution in [2.75, 3.05) is 12.4 Å². The van der Waals surface area contributed by atoms with Crippen LogP contribution in [0.4, 0.5) is 5.82 Å². The molecule has 5 heteroatoms. The standard InChI is InChI=1S/C12H13N5/c1-13-11-4-10(9-5-14-7-15-6-9)16-12(17-11)8-2-3-8/h4-8H,2-3H2,1H3,(H,13,16,17). The molecule has 5 nitrogen and oxygen atoms in total. The summed E-state index contributed by atoms with van der Waals surface area (Å²) in [6.07, 6.45) is 7.44. The maximum Gasteiger partial charge on any atom is 0.134 e. The zero-order valence-electron chi connectivity index (χ0n) is 9.59. The SMILES string of the molecule is CNc1cc(-c2cncnc2)nc(C2CC2)n1. The molecule has 1 aliphatic rings. The zero-order valence-corrected chi connectivity index (χ0v) is 9.59. The van der Waals surface area contributed by atoms with Crippen LogP contribution >= 0.6 is 0 Å². The predicted octanol–water partition coefficient (Wildman–Crippen LogP) is 1.85. The van der Waals surface area contributed by atoms with Crippen LogP contribution in [0.2, 0.25) is 0 Å². The van der Waals surface area contributed by atoms with E-state index in [2.05, 4.69) is 25.3 Å². The van der Waals surface area contributed by atoms with Crippen molar-refractivity contribution in [3.8, 4) is 11.3 Å². The van der Waals surface area contributed by atoms with Gasteiger partial charge in [-0.05, 0) is 12.8 Å². The first-order valence-corrected chi connectivity index (χ1v) is 5.69. The lowest BCUT2D eigenvalue weighted by molar-refractivity contribution is 0.931. The second-order valence-electron chi connectivity index (χ2n) is 4.15. The van der Waals surface area contributed by atoms with Gasteiger partial charge in [0.2, 0.25) is 0 Å². The number of hydrogen-bond donors (Lipinski definition) is 1. The van der Waals surface area contributed by atoms with Crippen molar-refractivity contribution < 1.29 is 0 Å². The second-order valence-corrected chi connectivity index (χ2v) is 4.15. The molecule has 0 bridgehead atoms. The van der Waals surface area contributed by atoms with Crippen LogP contribution in [-0.4, -0.2) is 27.0 Å². The largest absolute Gasteiger partial charge is 0.373 e. The van der Waals surface area contributed by atoms with Gasteiger partial charge < -0.3 is 5.32 Å². The van der Waals surface area contributed by atoms with Crippen LogP contribution in [0.1, 0.15) is 24.6 Å². The van der Waals surface area contributed by atoms with E-state index in [4.69, 9.17) is 0 Å². The van der Waals surface area contributed by atoms with E-state index in [1.165, 1.54) is 19.2 Å². The predicted molar refractivity (Wildman–Crippen MR) is 64.6 cm³/mol. The van der Waals surface area contributed by atoms with Crippen LogP contribution in [0.15, 0.2) is 24.8 Å². The van der Waals surface area contributed by atoms with Crippen LogP contribution in [0.5, 0.6) is 0 Å². The Kier molecular flexibility index (Phi) is 2.44. The zero-order chi connectivity index (χ0) is 11.7. The fraction of sp³-hybridized carbons (Fsp3) is 0.333. The highest BCUT2D eigenvalue weighted by Gasteiger charge is 2.27. The van der Waals surface area contributed by atoms with E-state index >= 15 is 0 Å². The molecule has 1 saturated carbocycles. The maximum atomic E-state index is 4.58. The molecule has 1 N–H and O–H groups in total. The van der Waals surface area contributed by atoms with Gasteiger partial charge in [0.15, 0.2) is 0 Å².